The zero-order chi connectivity index (χ0) is 15.2. The molecule has 0 unspecified atom stereocenters. The summed E-state index contributed by atoms with van der Waals surface area (Å²) in [5, 5.41) is 8.72. The van der Waals surface area contributed by atoms with E-state index in [1.807, 2.05) is 0 Å². The number of alkyl halides is 3. The molecule has 0 bridgehead atoms. The van der Waals surface area contributed by atoms with Gasteiger partial charge in [0.25, 0.3) is 0 Å². The first-order valence-corrected chi connectivity index (χ1v) is 6.39. The summed E-state index contributed by atoms with van der Waals surface area (Å²) < 4.78 is 43.3. The highest BCUT2D eigenvalue weighted by Gasteiger charge is 2.52. The van der Waals surface area contributed by atoms with Gasteiger partial charge in [-0.1, -0.05) is 34.8 Å². The molecule has 0 saturated heterocycles. The van der Waals surface area contributed by atoms with Gasteiger partial charge in [-0.2, -0.15) is 13.2 Å². The molecule has 20 heavy (non-hydrogen) atoms. The number of hydrogen-bond acceptors (Lipinski definition) is 2. The van der Waals surface area contributed by atoms with E-state index in [-0.39, 0.29) is 26.4 Å². The molecule has 1 N–H and O–H groups in total. The summed E-state index contributed by atoms with van der Waals surface area (Å²) in [4.78, 5) is 11.0. The molecule has 2 atom stereocenters. The van der Waals surface area contributed by atoms with E-state index in [0.717, 1.165) is 6.07 Å². The van der Waals surface area contributed by atoms with Crippen LogP contribution < -0.4 is 4.74 Å². The highest BCUT2D eigenvalue weighted by atomic mass is 35.5. The Balaban J connectivity index is 2.54. The number of carboxylic acid groups (broad SMARTS) is 1. The molecule has 110 valence electrons. The number of rotatable bonds is 1. The topological polar surface area (TPSA) is 46.5 Å². The van der Waals surface area contributed by atoms with Crippen LogP contribution in [0.25, 0.3) is 0 Å². The maximum Gasteiger partial charge on any atom is 0.426 e. The number of halogens is 6. The van der Waals surface area contributed by atoms with Crippen molar-refractivity contribution in [2.75, 3.05) is 0 Å². The van der Waals surface area contributed by atoms with Crippen LogP contribution in [-0.4, -0.2) is 23.4 Å². The van der Waals surface area contributed by atoms with Crippen molar-refractivity contribution in [3.8, 4) is 5.75 Å². The van der Waals surface area contributed by atoms with Gasteiger partial charge < -0.3 is 9.84 Å². The molecule has 9 heteroatoms. The highest BCUT2D eigenvalue weighted by Crippen LogP contribution is 2.45. The van der Waals surface area contributed by atoms with Crippen LogP contribution in [0, 0.1) is 5.92 Å². The third-order valence-corrected chi connectivity index (χ3v) is 4.21. The van der Waals surface area contributed by atoms with Gasteiger partial charge in [-0.3, -0.25) is 4.79 Å². The number of ether oxygens (including phenoxy) is 1. The molecule has 0 fully saturated rings. The average molecular weight is 350 g/mol. The Labute approximate surface area is 126 Å². The van der Waals surface area contributed by atoms with E-state index < -0.39 is 30.6 Å². The van der Waals surface area contributed by atoms with E-state index in [1.54, 1.807) is 0 Å². The van der Waals surface area contributed by atoms with E-state index in [2.05, 4.69) is 0 Å². The number of fused-ring (bicyclic) bond motifs is 1. The van der Waals surface area contributed by atoms with Crippen LogP contribution in [-0.2, 0) is 11.2 Å². The van der Waals surface area contributed by atoms with Crippen molar-refractivity contribution in [2.45, 2.75) is 18.7 Å². The van der Waals surface area contributed by atoms with Gasteiger partial charge in [0, 0.05) is 11.6 Å². The molecule has 1 heterocycles. The maximum atomic E-state index is 12.8. The van der Waals surface area contributed by atoms with Gasteiger partial charge in [-0.15, -0.1) is 0 Å². The molecule has 0 radical (unpaired) electrons. The van der Waals surface area contributed by atoms with Crippen LogP contribution in [0.5, 0.6) is 5.75 Å². The third-order valence-electron chi connectivity index (χ3n) is 2.91. The Bertz CT molecular complexity index is 574. The lowest BCUT2D eigenvalue weighted by Gasteiger charge is -2.33. The number of aliphatic carboxylic acids is 1. The molecule has 1 aliphatic rings. The van der Waals surface area contributed by atoms with Gasteiger partial charge in [-0.25, -0.2) is 0 Å². The summed E-state index contributed by atoms with van der Waals surface area (Å²) >= 11 is 17.4. The van der Waals surface area contributed by atoms with Gasteiger partial charge in [0.1, 0.15) is 11.7 Å². The minimum absolute atomic E-state index is 0.0507. The quantitative estimate of drug-likeness (QED) is 0.773. The van der Waals surface area contributed by atoms with Crippen molar-refractivity contribution in [1.29, 1.82) is 0 Å². The number of carbonyl (C=O) groups is 1. The summed E-state index contributed by atoms with van der Waals surface area (Å²) in [7, 11) is 0. The van der Waals surface area contributed by atoms with Gasteiger partial charge in [-0.05, 0) is 6.42 Å². The van der Waals surface area contributed by atoms with Gasteiger partial charge in [0.05, 0.1) is 15.1 Å². The molecule has 1 aliphatic heterocycles. The molecule has 0 aromatic heterocycles. The largest absolute Gasteiger partial charge is 0.481 e. The van der Waals surface area contributed by atoms with Gasteiger partial charge >= 0.3 is 12.1 Å². The first-order chi connectivity index (χ1) is 9.12. The van der Waals surface area contributed by atoms with E-state index in [4.69, 9.17) is 44.6 Å². The number of carboxylic acids is 1. The Morgan fingerprint density at radius 1 is 1.30 bits per heavy atom. The van der Waals surface area contributed by atoms with Crippen LogP contribution in [0.1, 0.15) is 5.56 Å². The molecular formula is C11H6Cl3F3O3. The molecule has 0 saturated carbocycles. The fraction of sp³-hybridized carbons (Fsp3) is 0.364. The SMILES string of the molecule is O=C(O)[C@@H]1Cc2c(cc(Cl)c(Cl)c2Cl)O[C@@H]1C(F)(F)F. The van der Waals surface area contributed by atoms with Crippen molar-refractivity contribution >= 4 is 40.8 Å². The van der Waals surface area contributed by atoms with Crippen molar-refractivity contribution < 1.29 is 27.8 Å². The first kappa shape index (κ1) is 15.5. The van der Waals surface area contributed by atoms with E-state index in [1.165, 1.54) is 0 Å². The molecule has 1 aromatic rings. The van der Waals surface area contributed by atoms with Crippen LogP contribution in [0.3, 0.4) is 0 Å². The minimum Gasteiger partial charge on any atom is -0.481 e. The molecule has 1 aromatic carbocycles. The third kappa shape index (κ3) is 2.64. The van der Waals surface area contributed by atoms with Crippen LogP contribution >= 0.6 is 34.8 Å². The lowest BCUT2D eigenvalue weighted by molar-refractivity contribution is -0.217. The normalized spacial score (nSPS) is 22.1. The van der Waals surface area contributed by atoms with Crippen LogP contribution in [0.15, 0.2) is 6.07 Å². The molecule has 3 nitrogen and oxygen atoms in total. The number of hydrogen-bond donors (Lipinski definition) is 1. The van der Waals surface area contributed by atoms with Crippen molar-refractivity contribution in [1.82, 2.24) is 0 Å². The fourth-order valence-electron chi connectivity index (χ4n) is 1.96. The molecule has 0 amide bonds. The fourth-order valence-corrected chi connectivity index (χ4v) is 2.65. The standard InChI is InChI=1S/C11H6Cl3F3O3/c12-5-2-6-3(7(13)8(5)14)1-4(10(18)19)9(20-6)11(15,16)17/h2,4,9H,1H2,(H,18,19)/t4-,9+/m1/s1. The summed E-state index contributed by atoms with van der Waals surface area (Å²) in [5.41, 5.74) is 0.106. The lowest BCUT2D eigenvalue weighted by atomic mass is 9.90. The summed E-state index contributed by atoms with van der Waals surface area (Å²) in [6.45, 7) is 0. The van der Waals surface area contributed by atoms with Crippen molar-refractivity contribution in [3.63, 3.8) is 0 Å². The Morgan fingerprint density at radius 2 is 1.90 bits per heavy atom. The monoisotopic (exact) mass is 348 g/mol. The van der Waals surface area contributed by atoms with Crippen LogP contribution in [0.4, 0.5) is 13.2 Å². The molecule has 0 aliphatic carbocycles. The Hall–Kier alpha value is -0.850. The van der Waals surface area contributed by atoms with E-state index in [9.17, 15) is 18.0 Å². The van der Waals surface area contributed by atoms with Gasteiger partial charge in [0.2, 0.25) is 6.10 Å². The molecular weight excluding hydrogens is 343 g/mol. The predicted molar refractivity (Wildman–Crippen MR) is 66.8 cm³/mol. The summed E-state index contributed by atoms with van der Waals surface area (Å²) in [6, 6.07) is 1.10. The molecule has 2 rings (SSSR count). The molecule has 0 spiro atoms. The number of benzene rings is 1. The van der Waals surface area contributed by atoms with E-state index >= 15 is 0 Å². The maximum absolute atomic E-state index is 12.8. The van der Waals surface area contributed by atoms with E-state index in [0.29, 0.717) is 0 Å². The zero-order valence-electron chi connectivity index (χ0n) is 9.47. The second kappa shape index (κ2) is 5.16. The summed E-state index contributed by atoms with van der Waals surface area (Å²) in [6.07, 6.45) is -7.72. The second-order valence-electron chi connectivity index (χ2n) is 4.19. The second-order valence-corrected chi connectivity index (χ2v) is 5.36. The smallest absolute Gasteiger partial charge is 0.426 e. The Morgan fingerprint density at radius 3 is 2.40 bits per heavy atom. The zero-order valence-corrected chi connectivity index (χ0v) is 11.7. The predicted octanol–water partition coefficient (Wildman–Crippen LogP) is 4.21. The van der Waals surface area contributed by atoms with Crippen LogP contribution in [0.2, 0.25) is 15.1 Å². The average Bonchev–Trinajstić information content (AvgIpc) is 2.33. The highest BCUT2D eigenvalue weighted by molar-refractivity contribution is 6.48. The van der Waals surface area contributed by atoms with Crippen molar-refractivity contribution in [2.24, 2.45) is 5.92 Å². The lowest BCUT2D eigenvalue weighted by Crippen LogP contribution is -2.47. The van der Waals surface area contributed by atoms with Gasteiger partial charge in [0.15, 0.2) is 0 Å². The van der Waals surface area contributed by atoms with Crippen molar-refractivity contribution in [3.05, 3.63) is 26.7 Å². The first-order valence-electron chi connectivity index (χ1n) is 5.25. The Kier molecular flexibility index (Phi) is 4.01. The minimum atomic E-state index is -4.82. The summed E-state index contributed by atoms with van der Waals surface area (Å²) in [5.74, 6) is -3.62.